The summed E-state index contributed by atoms with van der Waals surface area (Å²) in [7, 11) is 2.94. The molecule has 1 aromatic rings. The minimum Gasteiger partial charge on any atom is -0.497 e. The van der Waals surface area contributed by atoms with E-state index in [2.05, 4.69) is 10.1 Å². The zero-order valence-electron chi connectivity index (χ0n) is 11.1. The fraction of sp³-hybridized carbons (Fsp3) is 0.308. The van der Waals surface area contributed by atoms with Crippen molar-refractivity contribution in [2.45, 2.75) is 0 Å². The molecule has 0 saturated heterocycles. The molecule has 1 aromatic carbocycles. The highest BCUT2D eigenvalue weighted by Gasteiger charge is 2.11. The number of esters is 1. The number of rotatable bonds is 6. The number of carbonyl (C=O) groups excluding carboxylic acids is 2. The van der Waals surface area contributed by atoms with E-state index in [9.17, 15) is 9.59 Å². The molecule has 106 valence electrons. The van der Waals surface area contributed by atoms with E-state index in [1.165, 1.54) is 26.4 Å². The van der Waals surface area contributed by atoms with Crippen LogP contribution in [0.2, 0.25) is 0 Å². The first-order valence-electron chi connectivity index (χ1n) is 5.64. The van der Waals surface area contributed by atoms with Crippen LogP contribution in [0.5, 0.6) is 11.5 Å². The number of hydrogen-bond acceptors (Lipinski definition) is 6. The van der Waals surface area contributed by atoms with Gasteiger partial charge in [-0.1, -0.05) is 0 Å². The Balaban J connectivity index is 2.68. The highest BCUT2D eigenvalue weighted by molar-refractivity contribution is 5.96. The van der Waals surface area contributed by atoms with Crippen LogP contribution in [0.25, 0.3) is 0 Å². The fourth-order valence-corrected chi connectivity index (χ4v) is 1.36. The number of benzene rings is 1. The number of carbonyl (C=O) groups is 2. The van der Waals surface area contributed by atoms with Gasteiger partial charge in [0.25, 0.3) is 5.91 Å². The minimum atomic E-state index is -0.685. The molecule has 1 amide bonds. The lowest BCUT2D eigenvalue weighted by molar-refractivity contribution is -0.140. The Morgan fingerprint density at radius 1 is 1.20 bits per heavy atom. The van der Waals surface area contributed by atoms with E-state index in [1.807, 2.05) is 0 Å². The Bertz CT molecular complexity index is 514. The molecule has 0 radical (unpaired) electrons. The van der Waals surface area contributed by atoms with E-state index in [1.54, 1.807) is 12.1 Å². The lowest BCUT2D eigenvalue weighted by Crippen LogP contribution is -2.30. The molecule has 0 heterocycles. The number of nitrogens with one attached hydrogen (secondary N) is 1. The standard InChI is InChI=1S/C13H14N2O5/c1-18-10-5-9(6-11(7-10)19-2)13(17)15-8-12(16)20-4-3-14/h5-7H,4,8H2,1-2H3,(H,15,17). The maximum atomic E-state index is 11.9. The molecule has 20 heavy (non-hydrogen) atoms. The largest absolute Gasteiger partial charge is 0.497 e. The molecule has 0 saturated carbocycles. The van der Waals surface area contributed by atoms with Crippen LogP contribution in [0.4, 0.5) is 0 Å². The molecular formula is C13H14N2O5. The summed E-state index contributed by atoms with van der Waals surface area (Å²) < 4.78 is 14.6. The van der Waals surface area contributed by atoms with Gasteiger partial charge in [-0.15, -0.1) is 0 Å². The van der Waals surface area contributed by atoms with Gasteiger partial charge in [0.15, 0.2) is 6.61 Å². The van der Waals surface area contributed by atoms with E-state index in [0.29, 0.717) is 11.5 Å². The summed E-state index contributed by atoms with van der Waals surface area (Å²) in [5.74, 6) is -0.242. The zero-order chi connectivity index (χ0) is 15.0. The van der Waals surface area contributed by atoms with Crippen molar-refractivity contribution in [3.05, 3.63) is 23.8 Å². The van der Waals surface area contributed by atoms with Crippen molar-refractivity contribution in [3.8, 4) is 17.6 Å². The second-order valence-electron chi connectivity index (χ2n) is 3.60. The second kappa shape index (κ2) is 7.63. The van der Waals surface area contributed by atoms with Gasteiger partial charge in [-0.05, 0) is 12.1 Å². The number of methoxy groups -OCH3 is 2. The summed E-state index contributed by atoms with van der Waals surface area (Å²) >= 11 is 0. The Hall–Kier alpha value is -2.75. The van der Waals surface area contributed by atoms with Gasteiger partial charge in [-0.25, -0.2) is 0 Å². The Morgan fingerprint density at radius 2 is 1.80 bits per heavy atom. The van der Waals surface area contributed by atoms with Crippen molar-refractivity contribution >= 4 is 11.9 Å². The fourth-order valence-electron chi connectivity index (χ4n) is 1.36. The zero-order valence-corrected chi connectivity index (χ0v) is 11.1. The number of amides is 1. The van der Waals surface area contributed by atoms with Crippen LogP contribution in [0.3, 0.4) is 0 Å². The normalized spacial score (nSPS) is 9.25. The van der Waals surface area contributed by atoms with Crippen LogP contribution < -0.4 is 14.8 Å². The van der Waals surface area contributed by atoms with Crippen LogP contribution in [-0.4, -0.2) is 39.2 Å². The molecular weight excluding hydrogens is 264 g/mol. The van der Waals surface area contributed by atoms with Crippen molar-refractivity contribution in [2.24, 2.45) is 0 Å². The number of ether oxygens (including phenoxy) is 3. The molecule has 1 rings (SSSR count). The molecule has 0 aliphatic rings. The molecule has 0 aliphatic heterocycles. The van der Waals surface area contributed by atoms with Crippen molar-refractivity contribution in [2.75, 3.05) is 27.4 Å². The maximum absolute atomic E-state index is 11.9. The van der Waals surface area contributed by atoms with E-state index in [-0.39, 0.29) is 18.7 Å². The first kappa shape index (κ1) is 15.3. The molecule has 0 atom stereocenters. The first-order chi connectivity index (χ1) is 9.60. The van der Waals surface area contributed by atoms with Crippen molar-refractivity contribution in [1.82, 2.24) is 5.32 Å². The third-order valence-corrected chi connectivity index (χ3v) is 2.30. The van der Waals surface area contributed by atoms with Crippen LogP contribution >= 0.6 is 0 Å². The third-order valence-electron chi connectivity index (χ3n) is 2.30. The summed E-state index contributed by atoms with van der Waals surface area (Å²) in [5, 5.41) is 10.6. The van der Waals surface area contributed by atoms with Crippen molar-refractivity contribution in [3.63, 3.8) is 0 Å². The molecule has 7 heteroatoms. The summed E-state index contributed by atoms with van der Waals surface area (Å²) in [6.07, 6.45) is 0. The van der Waals surface area contributed by atoms with Gasteiger partial charge in [-0.2, -0.15) is 5.26 Å². The van der Waals surface area contributed by atoms with E-state index < -0.39 is 11.9 Å². The Labute approximate surface area is 116 Å². The SMILES string of the molecule is COc1cc(OC)cc(C(=O)NCC(=O)OCC#N)c1. The summed E-state index contributed by atoms with van der Waals surface area (Å²) in [4.78, 5) is 23.0. The van der Waals surface area contributed by atoms with Gasteiger partial charge in [0, 0.05) is 11.6 Å². The average molecular weight is 278 g/mol. The van der Waals surface area contributed by atoms with Gasteiger partial charge >= 0.3 is 5.97 Å². The van der Waals surface area contributed by atoms with Gasteiger partial charge in [0.05, 0.1) is 14.2 Å². The van der Waals surface area contributed by atoms with Gasteiger partial charge in [0.2, 0.25) is 0 Å². The summed E-state index contributed by atoms with van der Waals surface area (Å²) in [6, 6.07) is 6.31. The van der Waals surface area contributed by atoms with Crippen LogP contribution in [0.1, 0.15) is 10.4 Å². The number of hydrogen-bond donors (Lipinski definition) is 1. The van der Waals surface area contributed by atoms with Crippen LogP contribution in [-0.2, 0) is 9.53 Å². The molecule has 0 aliphatic carbocycles. The predicted molar refractivity (Wildman–Crippen MR) is 68.5 cm³/mol. The monoisotopic (exact) mass is 278 g/mol. The molecule has 0 aromatic heterocycles. The minimum absolute atomic E-state index is 0.286. The predicted octanol–water partition coefficient (Wildman–Crippen LogP) is 0.500. The van der Waals surface area contributed by atoms with Crippen molar-refractivity contribution < 1.29 is 23.8 Å². The van der Waals surface area contributed by atoms with Gasteiger partial charge in [-0.3, -0.25) is 9.59 Å². The average Bonchev–Trinajstić information content (AvgIpc) is 2.49. The molecule has 7 nitrogen and oxygen atoms in total. The quantitative estimate of drug-likeness (QED) is 0.761. The van der Waals surface area contributed by atoms with Crippen LogP contribution in [0, 0.1) is 11.3 Å². The van der Waals surface area contributed by atoms with E-state index in [0.717, 1.165) is 0 Å². The van der Waals surface area contributed by atoms with E-state index >= 15 is 0 Å². The Morgan fingerprint density at radius 3 is 2.30 bits per heavy atom. The molecule has 1 N–H and O–H groups in total. The smallest absolute Gasteiger partial charge is 0.326 e. The highest BCUT2D eigenvalue weighted by atomic mass is 16.5. The summed E-state index contributed by atoms with van der Waals surface area (Å²) in [5.41, 5.74) is 0.286. The topological polar surface area (TPSA) is 97.7 Å². The van der Waals surface area contributed by atoms with Gasteiger partial charge < -0.3 is 19.5 Å². The van der Waals surface area contributed by atoms with Crippen molar-refractivity contribution in [1.29, 1.82) is 5.26 Å². The molecule has 0 bridgehead atoms. The third kappa shape index (κ3) is 4.49. The molecule has 0 spiro atoms. The number of nitriles is 1. The maximum Gasteiger partial charge on any atom is 0.326 e. The molecule has 0 unspecified atom stereocenters. The molecule has 0 fully saturated rings. The second-order valence-corrected chi connectivity index (χ2v) is 3.60. The first-order valence-corrected chi connectivity index (χ1v) is 5.64. The lowest BCUT2D eigenvalue weighted by atomic mass is 10.2. The lowest BCUT2D eigenvalue weighted by Gasteiger charge is -2.08. The number of nitrogens with zero attached hydrogens (tertiary/aromatic N) is 1. The highest BCUT2D eigenvalue weighted by Crippen LogP contribution is 2.22. The Kier molecular flexibility index (Phi) is 5.84. The summed E-state index contributed by atoms with van der Waals surface area (Å²) in [6.45, 7) is -0.665. The van der Waals surface area contributed by atoms with Gasteiger partial charge in [0.1, 0.15) is 24.1 Å². The van der Waals surface area contributed by atoms with E-state index in [4.69, 9.17) is 14.7 Å². The van der Waals surface area contributed by atoms with Crippen LogP contribution in [0.15, 0.2) is 18.2 Å².